The zero-order chi connectivity index (χ0) is 15.5. The van der Waals surface area contributed by atoms with Gasteiger partial charge in [0.25, 0.3) is 0 Å². The Hall–Kier alpha value is -0.970. The van der Waals surface area contributed by atoms with Gasteiger partial charge in [0.15, 0.2) is 0 Å². The molecule has 0 spiro atoms. The van der Waals surface area contributed by atoms with Crippen LogP contribution in [-0.4, -0.2) is 39.5 Å². The molecular weight excluding hydrogens is 269 g/mol. The molecular formula is C17H28FNO2. The third-order valence-corrected chi connectivity index (χ3v) is 3.38. The molecule has 0 aliphatic carbocycles. The van der Waals surface area contributed by atoms with Gasteiger partial charge in [-0.2, -0.15) is 0 Å². The summed E-state index contributed by atoms with van der Waals surface area (Å²) in [6.45, 7) is 7.02. The van der Waals surface area contributed by atoms with Crippen molar-refractivity contribution in [1.29, 1.82) is 0 Å². The molecule has 0 aliphatic heterocycles. The lowest BCUT2D eigenvalue weighted by molar-refractivity contribution is 0.0634. The van der Waals surface area contributed by atoms with E-state index in [1.54, 1.807) is 13.2 Å². The highest BCUT2D eigenvalue weighted by Crippen LogP contribution is 2.15. The number of halogens is 1. The predicted molar refractivity (Wildman–Crippen MR) is 84.0 cm³/mol. The van der Waals surface area contributed by atoms with E-state index in [0.717, 1.165) is 24.9 Å². The van der Waals surface area contributed by atoms with Crippen LogP contribution in [0.5, 0.6) is 0 Å². The third-order valence-electron chi connectivity index (χ3n) is 3.38. The zero-order valence-corrected chi connectivity index (χ0v) is 13.4. The van der Waals surface area contributed by atoms with E-state index < -0.39 is 0 Å². The van der Waals surface area contributed by atoms with Crippen LogP contribution in [0, 0.1) is 11.7 Å². The Balaban J connectivity index is 2.45. The zero-order valence-electron chi connectivity index (χ0n) is 13.4. The average molecular weight is 297 g/mol. The lowest BCUT2D eigenvalue weighted by atomic mass is 9.96. The lowest BCUT2D eigenvalue weighted by Gasteiger charge is -2.20. The molecule has 0 bridgehead atoms. The molecule has 0 saturated carbocycles. The van der Waals surface area contributed by atoms with Crippen LogP contribution in [0.4, 0.5) is 4.39 Å². The molecule has 0 amide bonds. The summed E-state index contributed by atoms with van der Waals surface area (Å²) >= 11 is 0. The Morgan fingerprint density at radius 2 is 1.90 bits per heavy atom. The second kappa shape index (κ2) is 10.7. The van der Waals surface area contributed by atoms with Gasteiger partial charge in [-0.05, 0) is 36.9 Å². The van der Waals surface area contributed by atoms with Crippen LogP contribution in [0.1, 0.15) is 25.8 Å². The molecule has 0 fully saturated rings. The van der Waals surface area contributed by atoms with E-state index >= 15 is 0 Å². The molecule has 1 unspecified atom stereocenters. The van der Waals surface area contributed by atoms with Crippen LogP contribution in [0.3, 0.4) is 0 Å². The highest BCUT2D eigenvalue weighted by Gasteiger charge is 2.13. The maximum atomic E-state index is 13.8. The topological polar surface area (TPSA) is 30.5 Å². The molecule has 1 aromatic carbocycles. The highest BCUT2D eigenvalue weighted by molar-refractivity contribution is 5.17. The quantitative estimate of drug-likeness (QED) is 0.637. The SMILES string of the molecule is COCCOCCC(CNC(C)C)Cc1ccccc1F. The summed E-state index contributed by atoms with van der Waals surface area (Å²) in [7, 11) is 1.66. The second-order valence-electron chi connectivity index (χ2n) is 5.62. The van der Waals surface area contributed by atoms with Gasteiger partial charge in [-0.1, -0.05) is 32.0 Å². The monoisotopic (exact) mass is 297 g/mol. The van der Waals surface area contributed by atoms with E-state index in [9.17, 15) is 4.39 Å². The molecule has 0 aromatic heterocycles. The van der Waals surface area contributed by atoms with Crippen molar-refractivity contribution in [3.8, 4) is 0 Å². The van der Waals surface area contributed by atoms with Gasteiger partial charge in [0, 0.05) is 19.8 Å². The van der Waals surface area contributed by atoms with Crippen LogP contribution in [-0.2, 0) is 15.9 Å². The Morgan fingerprint density at radius 3 is 2.57 bits per heavy atom. The van der Waals surface area contributed by atoms with E-state index in [1.807, 2.05) is 12.1 Å². The number of methoxy groups -OCH3 is 1. The van der Waals surface area contributed by atoms with Crippen LogP contribution in [0.15, 0.2) is 24.3 Å². The minimum absolute atomic E-state index is 0.118. The fourth-order valence-corrected chi connectivity index (χ4v) is 2.15. The molecule has 0 saturated heterocycles. The summed E-state index contributed by atoms with van der Waals surface area (Å²) in [6, 6.07) is 7.44. The number of benzene rings is 1. The molecule has 0 radical (unpaired) electrons. The number of rotatable bonds is 11. The first-order chi connectivity index (χ1) is 10.1. The van der Waals surface area contributed by atoms with Gasteiger partial charge in [-0.25, -0.2) is 4.39 Å². The van der Waals surface area contributed by atoms with Crippen molar-refractivity contribution in [2.45, 2.75) is 32.7 Å². The van der Waals surface area contributed by atoms with E-state index in [-0.39, 0.29) is 5.82 Å². The van der Waals surface area contributed by atoms with Crippen molar-refractivity contribution < 1.29 is 13.9 Å². The van der Waals surface area contributed by atoms with Crippen molar-refractivity contribution >= 4 is 0 Å². The molecule has 1 aromatic rings. The average Bonchev–Trinajstić information content (AvgIpc) is 2.46. The summed E-state index contributed by atoms with van der Waals surface area (Å²) in [5, 5.41) is 3.43. The fourth-order valence-electron chi connectivity index (χ4n) is 2.15. The van der Waals surface area contributed by atoms with Crippen molar-refractivity contribution in [2.24, 2.45) is 5.92 Å². The Bertz CT molecular complexity index is 385. The van der Waals surface area contributed by atoms with Gasteiger partial charge in [-0.15, -0.1) is 0 Å². The highest BCUT2D eigenvalue weighted by atomic mass is 19.1. The van der Waals surface area contributed by atoms with Crippen molar-refractivity contribution in [3.05, 3.63) is 35.6 Å². The first-order valence-corrected chi connectivity index (χ1v) is 7.67. The van der Waals surface area contributed by atoms with Crippen molar-refractivity contribution in [2.75, 3.05) is 33.5 Å². The van der Waals surface area contributed by atoms with E-state index in [4.69, 9.17) is 9.47 Å². The molecule has 0 heterocycles. The van der Waals surface area contributed by atoms with Crippen molar-refractivity contribution in [1.82, 2.24) is 5.32 Å². The Kier molecular flexibility index (Phi) is 9.22. The third kappa shape index (κ3) is 8.15. The molecule has 4 heteroatoms. The molecule has 1 rings (SSSR count). The molecule has 120 valence electrons. The molecule has 3 nitrogen and oxygen atoms in total. The van der Waals surface area contributed by atoms with Crippen LogP contribution in [0.25, 0.3) is 0 Å². The van der Waals surface area contributed by atoms with E-state index in [1.165, 1.54) is 6.07 Å². The summed E-state index contributed by atoms with van der Waals surface area (Å²) in [4.78, 5) is 0. The minimum atomic E-state index is -0.118. The largest absolute Gasteiger partial charge is 0.382 e. The molecule has 1 atom stereocenters. The smallest absolute Gasteiger partial charge is 0.126 e. The summed E-state index contributed by atoms with van der Waals surface area (Å²) in [6.07, 6.45) is 1.65. The molecule has 21 heavy (non-hydrogen) atoms. The summed E-state index contributed by atoms with van der Waals surface area (Å²) in [5.41, 5.74) is 0.782. The number of hydrogen-bond donors (Lipinski definition) is 1. The van der Waals surface area contributed by atoms with Gasteiger partial charge in [0.1, 0.15) is 5.82 Å². The maximum Gasteiger partial charge on any atom is 0.126 e. The number of ether oxygens (including phenoxy) is 2. The van der Waals surface area contributed by atoms with Gasteiger partial charge in [-0.3, -0.25) is 0 Å². The normalized spacial score (nSPS) is 12.8. The van der Waals surface area contributed by atoms with Gasteiger partial charge >= 0.3 is 0 Å². The maximum absolute atomic E-state index is 13.8. The van der Waals surface area contributed by atoms with Crippen molar-refractivity contribution in [3.63, 3.8) is 0 Å². The Labute approximate surface area is 127 Å². The molecule has 0 aliphatic rings. The second-order valence-corrected chi connectivity index (χ2v) is 5.62. The first-order valence-electron chi connectivity index (χ1n) is 7.67. The first kappa shape index (κ1) is 18.1. The number of hydrogen-bond acceptors (Lipinski definition) is 3. The fraction of sp³-hybridized carbons (Fsp3) is 0.647. The lowest BCUT2D eigenvalue weighted by Crippen LogP contribution is -2.30. The summed E-state index contributed by atoms with van der Waals surface area (Å²) < 4.78 is 24.3. The predicted octanol–water partition coefficient (Wildman–Crippen LogP) is 3.04. The van der Waals surface area contributed by atoms with Gasteiger partial charge in [0.2, 0.25) is 0 Å². The van der Waals surface area contributed by atoms with E-state index in [0.29, 0.717) is 31.8 Å². The number of nitrogens with one attached hydrogen (secondary N) is 1. The minimum Gasteiger partial charge on any atom is -0.382 e. The summed E-state index contributed by atoms with van der Waals surface area (Å²) in [5.74, 6) is 0.249. The van der Waals surface area contributed by atoms with Crippen LogP contribution >= 0.6 is 0 Å². The van der Waals surface area contributed by atoms with Crippen LogP contribution < -0.4 is 5.32 Å². The standard InChI is InChI=1S/C17H28FNO2/c1-14(2)19-13-15(8-9-21-11-10-20-3)12-16-6-4-5-7-17(16)18/h4-7,14-15,19H,8-13H2,1-3H3. The molecule has 1 N–H and O–H groups in total. The Morgan fingerprint density at radius 1 is 1.14 bits per heavy atom. The van der Waals surface area contributed by atoms with Gasteiger partial charge < -0.3 is 14.8 Å². The van der Waals surface area contributed by atoms with E-state index in [2.05, 4.69) is 19.2 Å². The van der Waals surface area contributed by atoms with Crippen LogP contribution in [0.2, 0.25) is 0 Å². The van der Waals surface area contributed by atoms with Gasteiger partial charge in [0.05, 0.1) is 13.2 Å².